The van der Waals surface area contributed by atoms with Gasteiger partial charge >= 0.3 is 5.97 Å². The molecule has 1 spiro atoms. The zero-order valence-corrected chi connectivity index (χ0v) is 24.2. The molecule has 6 atom stereocenters. The van der Waals surface area contributed by atoms with Crippen molar-refractivity contribution in [2.45, 2.75) is 55.5 Å². The van der Waals surface area contributed by atoms with E-state index in [1.54, 1.807) is 0 Å². The summed E-state index contributed by atoms with van der Waals surface area (Å²) in [6.45, 7) is 1.53. The first kappa shape index (κ1) is 27.9. The fourth-order valence-corrected chi connectivity index (χ4v) is 8.63. The van der Waals surface area contributed by atoms with Crippen molar-refractivity contribution in [1.82, 2.24) is 0 Å². The van der Waals surface area contributed by atoms with Gasteiger partial charge in [0.2, 0.25) is 0 Å². The molecule has 232 valence electrons. The average molecular weight is 639 g/mol. The predicted octanol–water partition coefficient (Wildman–Crippen LogP) is 2.29. The third-order valence-electron chi connectivity index (χ3n) is 10.3. The Morgan fingerprint density at radius 3 is 2.31 bits per heavy atom. The van der Waals surface area contributed by atoms with Crippen molar-refractivity contribution >= 4 is 46.4 Å². The summed E-state index contributed by atoms with van der Waals surface area (Å²) in [6.07, 6.45) is -3.82. The van der Waals surface area contributed by atoms with Crippen molar-refractivity contribution in [3.63, 3.8) is 0 Å². The standard InChI is InChI=1S/C31H23ClO13/c1-29-18-13-8(7-30(27(29)45-29)19(24(18)40)21(37)14-9(33)3-4-10(34)15(14)26(30)41)20(32)23(39)16-22(38)17-11(35)5-6-12(36)31(17,28(42)43-2)44-25(13)16/h3-4,12,18,27,33-34,36-39H,5-7H2,1-2H3/t12-,18?,27+,29+,30?,31+/m1/s1. The third-order valence-corrected chi connectivity index (χ3v) is 10.7. The molecule has 2 aromatic carbocycles. The monoisotopic (exact) mass is 638 g/mol. The lowest BCUT2D eigenvalue weighted by atomic mass is 9.56. The van der Waals surface area contributed by atoms with E-state index in [9.17, 15) is 49.8 Å². The number of hydrogen-bond donors (Lipinski definition) is 6. The molecule has 6 N–H and O–H groups in total. The molecule has 0 aromatic heterocycles. The Hall–Kier alpha value is -4.59. The predicted molar refractivity (Wildman–Crippen MR) is 149 cm³/mol. The number of benzene rings is 2. The molecule has 2 unspecified atom stereocenters. The van der Waals surface area contributed by atoms with Gasteiger partial charge in [0.15, 0.2) is 17.3 Å². The van der Waals surface area contributed by atoms with Crippen LogP contribution < -0.4 is 4.74 Å². The summed E-state index contributed by atoms with van der Waals surface area (Å²) in [4.78, 5) is 55.5. The van der Waals surface area contributed by atoms with E-state index in [4.69, 9.17) is 25.8 Å². The molecule has 9 rings (SSSR count). The van der Waals surface area contributed by atoms with Gasteiger partial charge in [-0.05, 0) is 37.5 Å². The smallest absolute Gasteiger partial charge is 0.358 e. The Bertz CT molecular complexity index is 1980. The number of aromatic hydroxyl groups is 3. The van der Waals surface area contributed by atoms with Crippen molar-refractivity contribution in [2.24, 2.45) is 5.41 Å². The first-order valence-electron chi connectivity index (χ1n) is 14.0. The molecular weight excluding hydrogens is 616 g/mol. The van der Waals surface area contributed by atoms with Gasteiger partial charge in [-0.1, -0.05) is 11.6 Å². The molecule has 13 nitrogen and oxygen atoms in total. The van der Waals surface area contributed by atoms with E-state index in [-0.39, 0.29) is 24.0 Å². The lowest BCUT2D eigenvalue weighted by molar-refractivity contribution is -0.169. The quantitative estimate of drug-likeness (QED) is 0.150. The van der Waals surface area contributed by atoms with Crippen LogP contribution in [0, 0.1) is 5.41 Å². The van der Waals surface area contributed by atoms with Crippen molar-refractivity contribution < 1.29 is 64.0 Å². The van der Waals surface area contributed by atoms with Gasteiger partial charge in [0, 0.05) is 12.0 Å². The van der Waals surface area contributed by atoms with Gasteiger partial charge in [-0.3, -0.25) is 14.4 Å². The fraction of sp³-hybridized carbons (Fsp3) is 0.355. The normalized spacial score (nSPS) is 33.7. The minimum atomic E-state index is -2.59. The number of methoxy groups -OCH3 is 1. The molecule has 45 heavy (non-hydrogen) atoms. The first-order valence-corrected chi connectivity index (χ1v) is 14.3. The van der Waals surface area contributed by atoms with Gasteiger partial charge < -0.3 is 44.8 Å². The number of epoxide rings is 1. The average Bonchev–Trinajstić information content (AvgIpc) is 3.73. The summed E-state index contributed by atoms with van der Waals surface area (Å²) >= 11 is 6.74. The Kier molecular flexibility index (Phi) is 5.06. The fourth-order valence-electron chi connectivity index (χ4n) is 8.37. The second kappa shape index (κ2) is 8.16. The molecule has 14 heteroatoms. The Morgan fingerprint density at radius 1 is 1.00 bits per heavy atom. The van der Waals surface area contributed by atoms with Gasteiger partial charge in [-0.15, -0.1) is 0 Å². The van der Waals surface area contributed by atoms with Crippen molar-refractivity contribution in [1.29, 1.82) is 0 Å². The largest absolute Gasteiger partial charge is 0.507 e. The number of ether oxygens (including phenoxy) is 3. The number of esters is 1. The minimum absolute atomic E-state index is 0.0320. The van der Waals surface area contributed by atoms with Gasteiger partial charge in [-0.2, -0.15) is 0 Å². The highest BCUT2D eigenvalue weighted by Crippen LogP contribution is 2.72. The van der Waals surface area contributed by atoms with Crippen molar-refractivity contribution in [2.75, 3.05) is 7.11 Å². The number of phenols is 3. The highest BCUT2D eigenvalue weighted by molar-refractivity contribution is 6.34. The van der Waals surface area contributed by atoms with Crippen molar-refractivity contribution in [3.05, 3.63) is 56.1 Å². The molecule has 3 fully saturated rings. The van der Waals surface area contributed by atoms with E-state index in [0.717, 1.165) is 19.2 Å². The van der Waals surface area contributed by atoms with E-state index >= 15 is 0 Å². The number of carbonyl (C=O) groups is 4. The van der Waals surface area contributed by atoms with Crippen LogP contribution in [0.2, 0.25) is 5.02 Å². The molecule has 2 saturated carbocycles. The van der Waals surface area contributed by atoms with Crippen molar-refractivity contribution in [3.8, 4) is 23.0 Å². The van der Waals surface area contributed by atoms with Crippen LogP contribution in [0.15, 0.2) is 23.3 Å². The molecular formula is C31H23ClO13. The molecule has 2 bridgehead atoms. The van der Waals surface area contributed by atoms with Crippen LogP contribution in [0.1, 0.15) is 58.3 Å². The second-order valence-corrected chi connectivity index (χ2v) is 12.7. The summed E-state index contributed by atoms with van der Waals surface area (Å²) in [5.41, 5.74) is -8.71. The maximum atomic E-state index is 14.6. The number of ketones is 3. The lowest BCUT2D eigenvalue weighted by Crippen LogP contribution is -2.61. The SMILES string of the molecule is COC(=O)[C@@]12Oc3c(c(O)c(Cl)c4c3C3C(=O)C5=C(O)c6c(O)ccc(O)c6C(=O)C5(C4)[C@H]4O[C@@]34C)C(O)=C1C(=O)CC[C@H]2O. The number of fused-ring (bicyclic) bond motifs is 3. The molecule has 0 amide bonds. The highest BCUT2D eigenvalue weighted by atomic mass is 35.5. The molecule has 2 heterocycles. The summed E-state index contributed by atoms with van der Waals surface area (Å²) in [5.74, 6) is -9.26. The maximum Gasteiger partial charge on any atom is 0.358 e. The zero-order valence-electron chi connectivity index (χ0n) is 23.4. The number of Topliss-reactive ketones (excluding diaryl/α,β-unsaturated/α-hetero) is 3. The third kappa shape index (κ3) is 2.80. The zero-order chi connectivity index (χ0) is 32.3. The molecule has 0 radical (unpaired) electrons. The molecule has 5 aliphatic carbocycles. The highest BCUT2D eigenvalue weighted by Gasteiger charge is 2.80. The minimum Gasteiger partial charge on any atom is -0.507 e. The van der Waals surface area contributed by atoms with Crippen LogP contribution in [-0.4, -0.2) is 84.5 Å². The second-order valence-electron chi connectivity index (χ2n) is 12.3. The summed E-state index contributed by atoms with van der Waals surface area (Å²) in [5, 5.41) is 66.5. The Balaban J connectivity index is 1.49. The lowest BCUT2D eigenvalue weighted by Gasteiger charge is -2.44. The van der Waals surface area contributed by atoms with Crippen LogP contribution in [0.5, 0.6) is 23.0 Å². The number of rotatable bonds is 1. The summed E-state index contributed by atoms with van der Waals surface area (Å²) < 4.78 is 17.2. The Morgan fingerprint density at radius 2 is 1.64 bits per heavy atom. The van der Waals surface area contributed by atoms with E-state index < -0.39 is 132 Å². The molecule has 7 aliphatic rings. The van der Waals surface area contributed by atoms with E-state index in [2.05, 4.69) is 0 Å². The first-order chi connectivity index (χ1) is 21.2. The van der Waals surface area contributed by atoms with E-state index in [0.29, 0.717) is 0 Å². The maximum absolute atomic E-state index is 14.6. The van der Waals surface area contributed by atoms with Gasteiger partial charge in [0.1, 0.15) is 57.9 Å². The number of halogens is 1. The molecule has 1 saturated heterocycles. The van der Waals surface area contributed by atoms with Gasteiger partial charge in [0.05, 0.1) is 45.7 Å². The van der Waals surface area contributed by atoms with E-state index in [1.165, 1.54) is 6.92 Å². The summed E-state index contributed by atoms with van der Waals surface area (Å²) in [6, 6.07) is 2.11. The topological polar surface area (TPSA) is 221 Å². The Labute approximate surface area is 257 Å². The number of phenolic OH excluding ortho intramolecular Hbond substituents is 3. The van der Waals surface area contributed by atoms with Gasteiger partial charge in [0.25, 0.3) is 5.60 Å². The molecule has 2 aromatic rings. The van der Waals surface area contributed by atoms with E-state index in [1.807, 2.05) is 0 Å². The number of hydrogen-bond acceptors (Lipinski definition) is 13. The van der Waals surface area contributed by atoms with Crippen LogP contribution in [-0.2, 0) is 30.3 Å². The van der Waals surface area contributed by atoms with Crippen LogP contribution in [0.25, 0.3) is 11.5 Å². The number of aliphatic hydroxyl groups excluding tert-OH is 3. The van der Waals surface area contributed by atoms with Gasteiger partial charge in [-0.25, -0.2) is 4.79 Å². The van der Waals surface area contributed by atoms with Crippen LogP contribution >= 0.6 is 11.6 Å². The number of aliphatic hydroxyl groups is 3. The summed E-state index contributed by atoms with van der Waals surface area (Å²) in [7, 11) is 0.984. The molecule has 2 aliphatic heterocycles. The van der Waals surface area contributed by atoms with Crippen LogP contribution in [0.4, 0.5) is 0 Å². The van der Waals surface area contributed by atoms with Crippen LogP contribution in [0.3, 0.4) is 0 Å². The number of carbonyl (C=O) groups excluding carboxylic acids is 4.